The lowest BCUT2D eigenvalue weighted by atomic mass is 10.1. The highest BCUT2D eigenvalue weighted by molar-refractivity contribution is 9.10. The van der Waals surface area contributed by atoms with Crippen molar-refractivity contribution in [3.8, 4) is 0 Å². The van der Waals surface area contributed by atoms with Gasteiger partial charge in [-0.2, -0.15) is 0 Å². The molecule has 33 heavy (non-hydrogen) atoms. The van der Waals surface area contributed by atoms with E-state index in [4.69, 9.17) is 27.9 Å². The van der Waals surface area contributed by atoms with E-state index in [1.54, 1.807) is 12.1 Å². The minimum Gasteiger partial charge on any atom is -0.455 e. The van der Waals surface area contributed by atoms with Crippen LogP contribution in [0, 0.1) is 19.8 Å². The summed E-state index contributed by atoms with van der Waals surface area (Å²) in [5.74, 6) is -3.03. The number of amides is 3. The van der Waals surface area contributed by atoms with E-state index < -0.39 is 36.2 Å². The number of benzene rings is 2. The Labute approximate surface area is 208 Å². The van der Waals surface area contributed by atoms with Crippen LogP contribution in [0.4, 0.5) is 5.69 Å². The van der Waals surface area contributed by atoms with Gasteiger partial charge < -0.3 is 10.1 Å². The molecular weight excluding hydrogens is 537 g/mol. The highest BCUT2D eigenvalue weighted by atomic mass is 79.9. The molecule has 2 N–H and O–H groups in total. The Hall–Kier alpha value is -2.62. The van der Waals surface area contributed by atoms with Gasteiger partial charge >= 0.3 is 5.97 Å². The Morgan fingerprint density at radius 1 is 1.12 bits per heavy atom. The van der Waals surface area contributed by atoms with Gasteiger partial charge in [0.25, 0.3) is 11.8 Å². The third kappa shape index (κ3) is 6.25. The monoisotopic (exact) mass is 555 g/mol. The molecule has 1 fully saturated rings. The number of hydrogen-bond acceptors (Lipinski definition) is 5. The number of halogens is 3. The van der Waals surface area contributed by atoms with Gasteiger partial charge in [-0.25, -0.2) is 0 Å². The number of ether oxygens (including phenoxy) is 1. The molecule has 1 aliphatic heterocycles. The highest BCUT2D eigenvalue weighted by Gasteiger charge is 2.36. The van der Waals surface area contributed by atoms with Crippen molar-refractivity contribution in [2.24, 2.45) is 5.92 Å². The zero-order chi connectivity index (χ0) is 24.3. The molecule has 1 aliphatic rings. The van der Waals surface area contributed by atoms with Gasteiger partial charge in [-0.05, 0) is 55.3 Å². The number of esters is 1. The van der Waals surface area contributed by atoms with Gasteiger partial charge in [-0.1, -0.05) is 39.1 Å². The maximum atomic E-state index is 12.4. The van der Waals surface area contributed by atoms with Crippen LogP contribution in [0.15, 0.2) is 34.8 Å². The van der Waals surface area contributed by atoms with Crippen molar-refractivity contribution in [2.45, 2.75) is 20.3 Å². The standard InChI is InChI=1S/C22H20BrCl2N3O5/c1-11-5-15(6-12(2)20(11)23)26-18(29)10-33-22(32)14-8-19(30)28(9-14)27-21(31)13-3-4-16(24)17(25)7-13/h3-7,14H,8-10H2,1-2H3,(H,26,29)(H,27,31)/t14-/m0/s1. The molecule has 0 aliphatic carbocycles. The van der Waals surface area contributed by atoms with Crippen LogP contribution in [0.3, 0.4) is 0 Å². The van der Waals surface area contributed by atoms with Crippen LogP contribution >= 0.6 is 39.1 Å². The third-order valence-electron chi connectivity index (χ3n) is 4.94. The molecule has 174 valence electrons. The summed E-state index contributed by atoms with van der Waals surface area (Å²) in [5.41, 5.74) is 5.14. The summed E-state index contributed by atoms with van der Waals surface area (Å²) in [6.45, 7) is 3.23. The number of hydrogen-bond donors (Lipinski definition) is 2. The first-order valence-corrected chi connectivity index (χ1v) is 11.4. The Balaban J connectivity index is 1.51. The second-order valence-electron chi connectivity index (χ2n) is 7.56. The number of anilines is 1. The third-order valence-corrected chi connectivity index (χ3v) is 6.93. The minimum absolute atomic E-state index is 0.0720. The molecule has 1 saturated heterocycles. The molecule has 0 unspecified atom stereocenters. The van der Waals surface area contributed by atoms with Gasteiger partial charge in [-0.3, -0.25) is 29.6 Å². The van der Waals surface area contributed by atoms with Crippen LogP contribution in [0.1, 0.15) is 27.9 Å². The van der Waals surface area contributed by atoms with Gasteiger partial charge in [0.15, 0.2) is 6.61 Å². The maximum absolute atomic E-state index is 12.4. The van der Waals surface area contributed by atoms with E-state index in [1.165, 1.54) is 18.2 Å². The molecule has 3 rings (SSSR count). The molecule has 0 spiro atoms. The number of aryl methyl sites for hydroxylation is 2. The molecule has 0 radical (unpaired) electrons. The average molecular weight is 557 g/mol. The summed E-state index contributed by atoms with van der Waals surface area (Å²) in [6, 6.07) is 7.88. The molecule has 2 aromatic rings. The Morgan fingerprint density at radius 3 is 2.42 bits per heavy atom. The lowest BCUT2D eigenvalue weighted by Gasteiger charge is -2.17. The normalized spacial score (nSPS) is 15.4. The summed E-state index contributed by atoms with van der Waals surface area (Å²) in [5, 5.41) is 4.21. The summed E-state index contributed by atoms with van der Waals surface area (Å²) in [6.07, 6.45) is -0.146. The van der Waals surface area contributed by atoms with E-state index in [1.807, 2.05) is 13.8 Å². The fourth-order valence-electron chi connectivity index (χ4n) is 3.27. The Kier molecular flexibility index (Phi) is 7.99. The highest BCUT2D eigenvalue weighted by Crippen LogP contribution is 2.25. The van der Waals surface area contributed by atoms with Gasteiger partial charge in [0.05, 0.1) is 22.5 Å². The number of carbonyl (C=O) groups excluding carboxylic acids is 4. The van der Waals surface area contributed by atoms with E-state index in [0.717, 1.165) is 20.6 Å². The number of carbonyl (C=O) groups is 4. The Bertz CT molecular complexity index is 1120. The molecule has 0 bridgehead atoms. The second-order valence-corrected chi connectivity index (χ2v) is 9.16. The molecule has 11 heteroatoms. The van der Waals surface area contributed by atoms with Crippen molar-refractivity contribution >= 4 is 68.5 Å². The zero-order valence-corrected chi connectivity index (χ0v) is 20.8. The van der Waals surface area contributed by atoms with Gasteiger partial charge in [0.2, 0.25) is 5.91 Å². The van der Waals surface area contributed by atoms with Crippen LogP contribution in [-0.2, 0) is 19.1 Å². The van der Waals surface area contributed by atoms with Crippen LogP contribution in [0.25, 0.3) is 0 Å². The summed E-state index contributed by atoms with van der Waals surface area (Å²) < 4.78 is 6.03. The molecule has 1 atom stereocenters. The van der Waals surface area contributed by atoms with Crippen molar-refractivity contribution in [1.29, 1.82) is 0 Å². The topological polar surface area (TPSA) is 105 Å². The quantitative estimate of drug-likeness (QED) is 0.522. The molecule has 0 aromatic heterocycles. The summed E-state index contributed by atoms with van der Waals surface area (Å²) in [4.78, 5) is 49.1. The Morgan fingerprint density at radius 2 is 1.79 bits per heavy atom. The van der Waals surface area contributed by atoms with Crippen molar-refractivity contribution in [3.63, 3.8) is 0 Å². The lowest BCUT2D eigenvalue weighted by molar-refractivity contribution is -0.151. The largest absolute Gasteiger partial charge is 0.455 e. The van der Waals surface area contributed by atoms with Crippen LogP contribution in [-0.4, -0.2) is 41.9 Å². The first-order valence-electron chi connectivity index (χ1n) is 9.84. The first kappa shape index (κ1) is 25.0. The van der Waals surface area contributed by atoms with Crippen LogP contribution < -0.4 is 10.7 Å². The smallest absolute Gasteiger partial charge is 0.311 e. The summed E-state index contributed by atoms with van der Waals surface area (Å²) >= 11 is 15.2. The van der Waals surface area contributed by atoms with Gasteiger partial charge in [-0.15, -0.1) is 0 Å². The molecule has 8 nitrogen and oxygen atoms in total. The van der Waals surface area contributed by atoms with E-state index in [0.29, 0.717) is 10.7 Å². The SMILES string of the molecule is Cc1cc(NC(=O)COC(=O)[C@H]2CC(=O)N(NC(=O)c3ccc(Cl)c(Cl)c3)C2)cc(C)c1Br. The van der Waals surface area contributed by atoms with Crippen LogP contribution in [0.2, 0.25) is 10.0 Å². The molecule has 1 heterocycles. The maximum Gasteiger partial charge on any atom is 0.311 e. The lowest BCUT2D eigenvalue weighted by Crippen LogP contribution is -2.43. The van der Waals surface area contributed by atoms with Crippen molar-refractivity contribution in [3.05, 3.63) is 61.5 Å². The molecule has 3 amide bonds. The molecule has 0 saturated carbocycles. The molecule has 2 aromatic carbocycles. The average Bonchev–Trinajstić information content (AvgIpc) is 3.12. The second kappa shape index (κ2) is 10.5. The van der Waals surface area contributed by atoms with E-state index in [-0.39, 0.29) is 23.6 Å². The van der Waals surface area contributed by atoms with Crippen molar-refractivity contribution in [2.75, 3.05) is 18.5 Å². The van der Waals surface area contributed by atoms with Crippen LogP contribution in [0.5, 0.6) is 0 Å². The number of hydrazine groups is 1. The molecular formula is C22H20BrCl2N3O5. The zero-order valence-electron chi connectivity index (χ0n) is 17.7. The van der Waals surface area contributed by atoms with Crippen molar-refractivity contribution in [1.82, 2.24) is 10.4 Å². The number of nitrogens with one attached hydrogen (secondary N) is 2. The van der Waals surface area contributed by atoms with Gasteiger partial charge in [0.1, 0.15) is 0 Å². The van der Waals surface area contributed by atoms with Crippen molar-refractivity contribution < 1.29 is 23.9 Å². The summed E-state index contributed by atoms with van der Waals surface area (Å²) in [7, 11) is 0. The fourth-order valence-corrected chi connectivity index (χ4v) is 3.79. The van der Waals surface area contributed by atoms with E-state index in [9.17, 15) is 19.2 Å². The predicted molar refractivity (Wildman–Crippen MR) is 127 cm³/mol. The number of nitrogens with zero attached hydrogens (tertiary/aromatic N) is 1. The van der Waals surface area contributed by atoms with Gasteiger partial charge in [0, 0.05) is 22.1 Å². The van der Waals surface area contributed by atoms with E-state index >= 15 is 0 Å². The van der Waals surface area contributed by atoms with E-state index in [2.05, 4.69) is 26.7 Å². The minimum atomic E-state index is -0.809. The first-order chi connectivity index (χ1) is 15.5. The fraction of sp³-hybridized carbons (Fsp3) is 0.273. The predicted octanol–water partition coefficient (Wildman–Crippen LogP) is 4.05. The number of rotatable bonds is 6.